The smallest absolute Gasteiger partial charge is 0.0647 e. The van der Waals surface area contributed by atoms with Gasteiger partial charge in [-0.3, -0.25) is 0 Å². The maximum atomic E-state index is 9.57. The van der Waals surface area contributed by atoms with E-state index in [0.717, 1.165) is 25.7 Å². The summed E-state index contributed by atoms with van der Waals surface area (Å²) in [5.74, 6) is 0. The number of rotatable bonds is 6. The molecular formula is C10H22O2. The summed E-state index contributed by atoms with van der Waals surface area (Å²) < 4.78 is 5.23. The van der Waals surface area contributed by atoms with E-state index in [0.29, 0.717) is 0 Å². The third kappa shape index (κ3) is 5.56. The fourth-order valence-electron chi connectivity index (χ4n) is 1.19. The van der Waals surface area contributed by atoms with Crippen LogP contribution < -0.4 is 0 Å². The number of aliphatic hydroxyl groups excluding tert-OH is 1. The maximum absolute atomic E-state index is 9.57. The van der Waals surface area contributed by atoms with Gasteiger partial charge >= 0.3 is 0 Å². The van der Waals surface area contributed by atoms with Gasteiger partial charge in [0.15, 0.2) is 0 Å². The Labute approximate surface area is 75.9 Å². The fourth-order valence-corrected chi connectivity index (χ4v) is 1.19. The maximum Gasteiger partial charge on any atom is 0.0647 e. The zero-order valence-electron chi connectivity index (χ0n) is 8.76. The van der Waals surface area contributed by atoms with E-state index in [-0.39, 0.29) is 11.7 Å². The van der Waals surface area contributed by atoms with Crippen LogP contribution in [0.4, 0.5) is 0 Å². The minimum atomic E-state index is -0.208. The van der Waals surface area contributed by atoms with Gasteiger partial charge in [-0.2, -0.15) is 0 Å². The average Bonchev–Trinajstić information content (AvgIpc) is 2.00. The number of unbranched alkanes of at least 4 members (excludes halogenated alkanes) is 1. The van der Waals surface area contributed by atoms with Gasteiger partial charge in [-0.25, -0.2) is 0 Å². The van der Waals surface area contributed by atoms with Gasteiger partial charge in [0.2, 0.25) is 0 Å². The second-order valence-electron chi connectivity index (χ2n) is 3.96. The molecule has 2 nitrogen and oxygen atoms in total. The molecule has 74 valence electrons. The minimum absolute atomic E-state index is 0.187. The summed E-state index contributed by atoms with van der Waals surface area (Å²) in [6.45, 7) is 6.14. The Bertz CT molecular complexity index is 110. The summed E-state index contributed by atoms with van der Waals surface area (Å²) in [5, 5.41) is 9.57. The second-order valence-corrected chi connectivity index (χ2v) is 3.96. The van der Waals surface area contributed by atoms with E-state index in [2.05, 4.69) is 6.92 Å². The van der Waals surface area contributed by atoms with Gasteiger partial charge < -0.3 is 9.84 Å². The van der Waals surface area contributed by atoms with Gasteiger partial charge in [0, 0.05) is 13.5 Å². The van der Waals surface area contributed by atoms with Crippen LogP contribution in [0.1, 0.15) is 46.5 Å². The summed E-state index contributed by atoms with van der Waals surface area (Å²) >= 11 is 0. The Morgan fingerprint density at radius 2 is 2.00 bits per heavy atom. The van der Waals surface area contributed by atoms with Crippen molar-refractivity contribution in [2.75, 3.05) is 7.11 Å². The molecule has 0 aromatic rings. The SMILES string of the molecule is CCCCC(O)CC(C)(C)OC. The largest absolute Gasteiger partial charge is 0.393 e. The number of hydrogen-bond donors (Lipinski definition) is 1. The van der Waals surface area contributed by atoms with Crippen LogP contribution in [-0.4, -0.2) is 23.9 Å². The van der Waals surface area contributed by atoms with E-state index < -0.39 is 0 Å². The van der Waals surface area contributed by atoms with Crippen LogP contribution in [0.15, 0.2) is 0 Å². The molecule has 0 aromatic heterocycles. The summed E-state index contributed by atoms with van der Waals surface area (Å²) in [7, 11) is 1.69. The summed E-state index contributed by atoms with van der Waals surface area (Å²) in [5.41, 5.74) is -0.187. The van der Waals surface area contributed by atoms with Crippen LogP contribution in [0.3, 0.4) is 0 Å². The molecule has 0 fully saturated rings. The number of aliphatic hydroxyl groups is 1. The van der Waals surface area contributed by atoms with Crippen molar-refractivity contribution in [2.24, 2.45) is 0 Å². The molecule has 0 saturated carbocycles. The zero-order valence-corrected chi connectivity index (χ0v) is 8.76. The highest BCUT2D eigenvalue weighted by molar-refractivity contribution is 4.72. The highest BCUT2D eigenvalue weighted by atomic mass is 16.5. The van der Waals surface area contributed by atoms with E-state index in [1.165, 1.54) is 0 Å². The Morgan fingerprint density at radius 3 is 2.42 bits per heavy atom. The molecule has 0 radical (unpaired) electrons. The van der Waals surface area contributed by atoms with E-state index in [9.17, 15) is 5.11 Å². The van der Waals surface area contributed by atoms with Crippen molar-refractivity contribution in [3.63, 3.8) is 0 Å². The summed E-state index contributed by atoms with van der Waals surface area (Å²) in [6.07, 6.45) is 3.65. The normalized spacial score (nSPS) is 14.8. The van der Waals surface area contributed by atoms with Crippen molar-refractivity contribution >= 4 is 0 Å². The minimum Gasteiger partial charge on any atom is -0.393 e. The van der Waals surface area contributed by atoms with Crippen LogP contribution in [-0.2, 0) is 4.74 Å². The topological polar surface area (TPSA) is 29.5 Å². The van der Waals surface area contributed by atoms with Crippen molar-refractivity contribution in [3.05, 3.63) is 0 Å². The number of hydrogen-bond acceptors (Lipinski definition) is 2. The molecule has 0 saturated heterocycles. The van der Waals surface area contributed by atoms with Crippen molar-refractivity contribution in [1.29, 1.82) is 0 Å². The Balaban J connectivity index is 3.60. The monoisotopic (exact) mass is 174 g/mol. The second kappa shape index (κ2) is 5.55. The average molecular weight is 174 g/mol. The standard InChI is InChI=1S/C10H22O2/c1-5-6-7-9(11)8-10(2,3)12-4/h9,11H,5-8H2,1-4H3. The molecule has 0 bridgehead atoms. The molecule has 0 spiro atoms. The van der Waals surface area contributed by atoms with Gasteiger partial charge in [0.05, 0.1) is 11.7 Å². The van der Waals surface area contributed by atoms with Crippen LogP contribution in [0.25, 0.3) is 0 Å². The highest BCUT2D eigenvalue weighted by Crippen LogP contribution is 2.18. The molecule has 0 amide bonds. The number of methoxy groups -OCH3 is 1. The fraction of sp³-hybridized carbons (Fsp3) is 1.00. The summed E-state index contributed by atoms with van der Waals surface area (Å²) in [6, 6.07) is 0. The lowest BCUT2D eigenvalue weighted by Gasteiger charge is -2.25. The van der Waals surface area contributed by atoms with Crippen molar-refractivity contribution in [1.82, 2.24) is 0 Å². The van der Waals surface area contributed by atoms with Crippen molar-refractivity contribution in [3.8, 4) is 0 Å². The van der Waals surface area contributed by atoms with Crippen molar-refractivity contribution < 1.29 is 9.84 Å². The van der Waals surface area contributed by atoms with Gasteiger partial charge in [-0.05, 0) is 20.3 Å². The predicted octanol–water partition coefficient (Wildman–Crippen LogP) is 2.35. The van der Waals surface area contributed by atoms with E-state index in [1.54, 1.807) is 7.11 Å². The molecule has 1 atom stereocenters. The lowest BCUT2D eigenvalue weighted by Crippen LogP contribution is -2.28. The first-order valence-corrected chi connectivity index (χ1v) is 4.75. The quantitative estimate of drug-likeness (QED) is 0.669. The molecule has 0 aliphatic carbocycles. The molecule has 2 heteroatoms. The van der Waals surface area contributed by atoms with Gasteiger partial charge in [0.1, 0.15) is 0 Å². The molecule has 0 heterocycles. The van der Waals surface area contributed by atoms with Crippen LogP contribution in [0, 0.1) is 0 Å². The van der Waals surface area contributed by atoms with Crippen LogP contribution >= 0.6 is 0 Å². The van der Waals surface area contributed by atoms with Crippen LogP contribution in [0.5, 0.6) is 0 Å². The predicted molar refractivity (Wildman–Crippen MR) is 51.2 cm³/mol. The van der Waals surface area contributed by atoms with Gasteiger partial charge in [-0.15, -0.1) is 0 Å². The highest BCUT2D eigenvalue weighted by Gasteiger charge is 2.20. The zero-order chi connectivity index (χ0) is 9.61. The molecule has 0 aromatic carbocycles. The van der Waals surface area contributed by atoms with Crippen molar-refractivity contribution in [2.45, 2.75) is 58.2 Å². The molecule has 12 heavy (non-hydrogen) atoms. The third-order valence-electron chi connectivity index (χ3n) is 2.17. The Hall–Kier alpha value is -0.0800. The molecule has 1 unspecified atom stereocenters. The number of ether oxygens (including phenoxy) is 1. The molecule has 0 aliphatic heterocycles. The first-order chi connectivity index (χ1) is 5.52. The third-order valence-corrected chi connectivity index (χ3v) is 2.17. The van der Waals surface area contributed by atoms with Gasteiger partial charge in [0.25, 0.3) is 0 Å². The first kappa shape index (κ1) is 11.9. The molecule has 1 N–H and O–H groups in total. The van der Waals surface area contributed by atoms with Gasteiger partial charge in [-0.1, -0.05) is 19.8 Å². The summed E-state index contributed by atoms with van der Waals surface area (Å²) in [4.78, 5) is 0. The molecule has 0 aliphatic rings. The molecule has 0 rings (SSSR count). The van der Waals surface area contributed by atoms with Crippen LogP contribution in [0.2, 0.25) is 0 Å². The van der Waals surface area contributed by atoms with E-state index in [4.69, 9.17) is 4.74 Å². The Morgan fingerprint density at radius 1 is 1.42 bits per heavy atom. The van der Waals surface area contributed by atoms with E-state index >= 15 is 0 Å². The first-order valence-electron chi connectivity index (χ1n) is 4.75. The Kier molecular flexibility index (Phi) is 5.51. The lowest BCUT2D eigenvalue weighted by atomic mass is 9.97. The van der Waals surface area contributed by atoms with E-state index in [1.807, 2.05) is 13.8 Å². The molecular weight excluding hydrogens is 152 g/mol. The lowest BCUT2D eigenvalue weighted by molar-refractivity contribution is -0.0214.